The van der Waals surface area contributed by atoms with E-state index in [2.05, 4.69) is 5.32 Å². The maximum Gasteiger partial charge on any atom is 0.238 e. The maximum atomic E-state index is 12.0. The lowest BCUT2D eigenvalue weighted by atomic mass is 10.2. The lowest BCUT2D eigenvalue weighted by Crippen LogP contribution is -2.33. The molecule has 0 aromatic heterocycles. The van der Waals surface area contributed by atoms with Crippen molar-refractivity contribution in [1.82, 2.24) is 4.90 Å². The second-order valence-corrected chi connectivity index (χ2v) is 5.89. The van der Waals surface area contributed by atoms with Crippen LogP contribution < -0.4 is 10.1 Å². The summed E-state index contributed by atoms with van der Waals surface area (Å²) >= 11 is 5.90. The highest BCUT2D eigenvalue weighted by molar-refractivity contribution is 6.30. The number of nitrogens with zero attached hydrogens (tertiary/aromatic N) is 1. The van der Waals surface area contributed by atoms with Crippen molar-refractivity contribution in [2.24, 2.45) is 0 Å². The molecule has 0 saturated carbocycles. The van der Waals surface area contributed by atoms with Crippen LogP contribution >= 0.6 is 11.6 Å². The van der Waals surface area contributed by atoms with Crippen LogP contribution in [0.15, 0.2) is 48.5 Å². The minimum atomic E-state index is -0.0425. The van der Waals surface area contributed by atoms with Crippen LogP contribution in [0.2, 0.25) is 5.02 Å². The molecule has 0 aliphatic rings. The molecule has 0 spiro atoms. The largest absolute Gasteiger partial charge is 0.492 e. The third-order valence-electron chi connectivity index (χ3n) is 3.29. The van der Waals surface area contributed by atoms with Crippen LogP contribution in [-0.4, -0.2) is 37.6 Å². The summed E-state index contributed by atoms with van der Waals surface area (Å²) in [7, 11) is 1.88. The average Bonchev–Trinajstić information content (AvgIpc) is 2.49. The normalized spacial score (nSPS) is 10.6. The molecule has 0 aliphatic carbocycles. The fourth-order valence-electron chi connectivity index (χ4n) is 2.04. The first-order valence-electron chi connectivity index (χ1n) is 7.46. The van der Waals surface area contributed by atoms with Crippen molar-refractivity contribution in [3.8, 4) is 5.75 Å². The number of hydrogen-bond acceptors (Lipinski definition) is 3. The molecular formula is C18H21ClN2O2. The molecule has 0 radical (unpaired) electrons. The van der Waals surface area contributed by atoms with Gasteiger partial charge in [-0.2, -0.15) is 0 Å². The first-order chi connectivity index (χ1) is 11.0. The number of amides is 1. The van der Waals surface area contributed by atoms with E-state index in [9.17, 15) is 4.79 Å². The van der Waals surface area contributed by atoms with Gasteiger partial charge in [0, 0.05) is 17.3 Å². The van der Waals surface area contributed by atoms with Crippen LogP contribution in [0, 0.1) is 6.92 Å². The summed E-state index contributed by atoms with van der Waals surface area (Å²) in [6.07, 6.45) is 0. The van der Waals surface area contributed by atoms with E-state index in [1.807, 2.05) is 55.3 Å². The van der Waals surface area contributed by atoms with Crippen LogP contribution in [0.4, 0.5) is 5.69 Å². The summed E-state index contributed by atoms with van der Waals surface area (Å²) in [5.41, 5.74) is 1.97. The Bertz CT molecular complexity index is 644. The van der Waals surface area contributed by atoms with E-state index in [4.69, 9.17) is 16.3 Å². The highest BCUT2D eigenvalue weighted by Crippen LogP contribution is 2.16. The molecule has 1 amide bonds. The van der Waals surface area contributed by atoms with Crippen LogP contribution in [0.5, 0.6) is 5.75 Å². The van der Waals surface area contributed by atoms with Crippen molar-refractivity contribution in [3.05, 3.63) is 59.1 Å². The molecule has 0 aliphatic heterocycles. The van der Waals surface area contributed by atoms with Gasteiger partial charge in [0.05, 0.1) is 6.54 Å². The molecule has 0 atom stereocenters. The van der Waals surface area contributed by atoms with Crippen molar-refractivity contribution in [1.29, 1.82) is 0 Å². The Morgan fingerprint density at radius 2 is 1.96 bits per heavy atom. The SMILES string of the molecule is Cc1ccc(NC(=O)CN(C)CCOc2cccc(Cl)c2)cc1. The number of likely N-dealkylation sites (N-methyl/N-ethyl adjacent to an activating group) is 1. The minimum Gasteiger partial charge on any atom is -0.492 e. The summed E-state index contributed by atoms with van der Waals surface area (Å²) in [5, 5.41) is 3.52. The Kier molecular flexibility index (Phi) is 6.44. The molecule has 2 aromatic carbocycles. The van der Waals surface area contributed by atoms with Gasteiger partial charge in [-0.15, -0.1) is 0 Å². The quantitative estimate of drug-likeness (QED) is 0.842. The summed E-state index contributed by atoms with van der Waals surface area (Å²) < 4.78 is 5.61. The number of hydrogen-bond donors (Lipinski definition) is 1. The van der Waals surface area contributed by atoms with Crippen LogP contribution in [0.1, 0.15) is 5.56 Å². The number of benzene rings is 2. The van der Waals surface area contributed by atoms with E-state index in [0.717, 1.165) is 11.4 Å². The maximum absolute atomic E-state index is 12.0. The molecule has 122 valence electrons. The van der Waals surface area contributed by atoms with Gasteiger partial charge in [-0.1, -0.05) is 35.4 Å². The second-order valence-electron chi connectivity index (χ2n) is 5.46. The standard InChI is InChI=1S/C18H21ClN2O2/c1-14-6-8-16(9-7-14)20-18(22)13-21(2)10-11-23-17-5-3-4-15(19)12-17/h3-9,12H,10-11,13H2,1-2H3,(H,20,22). The van der Waals surface area contributed by atoms with Gasteiger partial charge in [-0.3, -0.25) is 9.69 Å². The zero-order valence-corrected chi connectivity index (χ0v) is 14.1. The lowest BCUT2D eigenvalue weighted by molar-refractivity contribution is -0.117. The van der Waals surface area contributed by atoms with Crippen LogP contribution in [-0.2, 0) is 4.79 Å². The first-order valence-corrected chi connectivity index (χ1v) is 7.84. The van der Waals surface area contributed by atoms with Gasteiger partial charge in [0.1, 0.15) is 12.4 Å². The molecule has 2 aromatic rings. The van der Waals surface area contributed by atoms with E-state index >= 15 is 0 Å². The number of carbonyl (C=O) groups excluding carboxylic acids is 1. The number of anilines is 1. The van der Waals surface area contributed by atoms with Crippen LogP contribution in [0.3, 0.4) is 0 Å². The topological polar surface area (TPSA) is 41.6 Å². The Morgan fingerprint density at radius 1 is 1.22 bits per heavy atom. The number of halogens is 1. The van der Waals surface area contributed by atoms with E-state index < -0.39 is 0 Å². The number of carbonyl (C=O) groups is 1. The minimum absolute atomic E-state index is 0.0425. The fourth-order valence-corrected chi connectivity index (χ4v) is 2.22. The number of nitrogens with one attached hydrogen (secondary N) is 1. The van der Waals surface area contributed by atoms with Crippen molar-refractivity contribution in [3.63, 3.8) is 0 Å². The summed E-state index contributed by atoms with van der Waals surface area (Å²) in [6.45, 7) is 3.47. The van der Waals surface area contributed by atoms with E-state index in [0.29, 0.717) is 24.7 Å². The molecule has 0 bridgehead atoms. The molecular weight excluding hydrogens is 312 g/mol. The third-order valence-corrected chi connectivity index (χ3v) is 3.52. The zero-order chi connectivity index (χ0) is 16.7. The van der Waals surface area contributed by atoms with Gasteiger partial charge in [-0.05, 0) is 44.3 Å². The van der Waals surface area contributed by atoms with E-state index in [1.165, 1.54) is 5.56 Å². The Balaban J connectivity index is 1.70. The summed E-state index contributed by atoms with van der Waals surface area (Å²) in [5.74, 6) is 0.689. The number of ether oxygens (including phenoxy) is 1. The summed E-state index contributed by atoms with van der Waals surface area (Å²) in [4.78, 5) is 13.9. The molecule has 23 heavy (non-hydrogen) atoms. The van der Waals surface area contributed by atoms with Gasteiger partial charge < -0.3 is 10.1 Å². The van der Waals surface area contributed by atoms with Gasteiger partial charge >= 0.3 is 0 Å². The lowest BCUT2D eigenvalue weighted by Gasteiger charge is -2.16. The molecule has 0 saturated heterocycles. The van der Waals surface area contributed by atoms with E-state index in [1.54, 1.807) is 12.1 Å². The van der Waals surface area contributed by atoms with Crippen molar-refractivity contribution >= 4 is 23.2 Å². The van der Waals surface area contributed by atoms with E-state index in [-0.39, 0.29) is 5.91 Å². The smallest absolute Gasteiger partial charge is 0.238 e. The number of aryl methyl sites for hydroxylation is 1. The molecule has 0 heterocycles. The van der Waals surface area contributed by atoms with Gasteiger partial charge in [-0.25, -0.2) is 0 Å². The van der Waals surface area contributed by atoms with Gasteiger partial charge in [0.25, 0.3) is 0 Å². The molecule has 1 N–H and O–H groups in total. The molecule has 0 unspecified atom stereocenters. The fraction of sp³-hybridized carbons (Fsp3) is 0.278. The average molecular weight is 333 g/mol. The molecule has 2 rings (SSSR count). The molecule has 4 nitrogen and oxygen atoms in total. The van der Waals surface area contributed by atoms with Gasteiger partial charge in [0.15, 0.2) is 0 Å². The van der Waals surface area contributed by atoms with Crippen molar-refractivity contribution in [2.75, 3.05) is 32.1 Å². The highest BCUT2D eigenvalue weighted by atomic mass is 35.5. The Labute approximate surface area is 142 Å². The Hall–Kier alpha value is -2.04. The predicted molar refractivity (Wildman–Crippen MR) is 94.3 cm³/mol. The molecule has 0 fully saturated rings. The van der Waals surface area contributed by atoms with Gasteiger partial charge in [0.2, 0.25) is 5.91 Å². The van der Waals surface area contributed by atoms with Crippen molar-refractivity contribution in [2.45, 2.75) is 6.92 Å². The predicted octanol–water partition coefficient (Wildman–Crippen LogP) is 3.60. The number of rotatable bonds is 7. The zero-order valence-electron chi connectivity index (χ0n) is 13.4. The monoisotopic (exact) mass is 332 g/mol. The highest BCUT2D eigenvalue weighted by Gasteiger charge is 2.07. The third kappa shape index (κ3) is 6.30. The first kappa shape index (κ1) is 17.3. The Morgan fingerprint density at radius 3 is 2.65 bits per heavy atom. The van der Waals surface area contributed by atoms with Crippen LogP contribution in [0.25, 0.3) is 0 Å². The summed E-state index contributed by atoms with van der Waals surface area (Å²) in [6, 6.07) is 15.0. The second kappa shape index (κ2) is 8.56. The van der Waals surface area contributed by atoms with Crippen molar-refractivity contribution < 1.29 is 9.53 Å². The molecule has 5 heteroatoms.